The van der Waals surface area contributed by atoms with Crippen molar-refractivity contribution in [3.8, 4) is 0 Å². The molecule has 7 heteroatoms. The Morgan fingerprint density at radius 1 is 1.10 bits per heavy atom. The molecule has 0 aromatic heterocycles. The second kappa shape index (κ2) is 6.53. The van der Waals surface area contributed by atoms with Gasteiger partial charge in [0, 0.05) is 10.6 Å². The minimum atomic E-state index is -0.597. The topological polar surface area (TPSA) is 55.1 Å². The average molecular weight is 312 g/mol. The number of nitrogens with two attached hydrogens (primary N) is 1. The number of halogens is 3. The Hall–Kier alpha value is -2.15. The Bertz CT molecular complexity index is 679. The van der Waals surface area contributed by atoms with E-state index >= 15 is 0 Å². The van der Waals surface area contributed by atoms with E-state index in [9.17, 15) is 18.0 Å². The summed E-state index contributed by atoms with van der Waals surface area (Å²) in [4.78, 5) is 11.7. The van der Waals surface area contributed by atoms with E-state index in [0.29, 0.717) is 5.69 Å². The van der Waals surface area contributed by atoms with Crippen LogP contribution in [0.3, 0.4) is 0 Å². The van der Waals surface area contributed by atoms with Crippen molar-refractivity contribution in [3.63, 3.8) is 0 Å². The number of thioether (sulfide) groups is 1. The number of rotatable bonds is 4. The van der Waals surface area contributed by atoms with Crippen LogP contribution in [-0.2, 0) is 4.79 Å². The minimum Gasteiger partial charge on any atom is -0.396 e. The Balaban J connectivity index is 1.95. The number of benzene rings is 2. The molecule has 0 spiro atoms. The summed E-state index contributed by atoms with van der Waals surface area (Å²) < 4.78 is 39.3. The first kappa shape index (κ1) is 15.2. The molecule has 2 aromatic rings. The summed E-state index contributed by atoms with van der Waals surface area (Å²) in [7, 11) is 0. The Labute approximate surface area is 123 Å². The van der Waals surface area contributed by atoms with Crippen molar-refractivity contribution in [2.75, 3.05) is 16.8 Å². The minimum absolute atomic E-state index is 0.0452. The lowest BCUT2D eigenvalue weighted by Crippen LogP contribution is -2.14. The van der Waals surface area contributed by atoms with Crippen LogP contribution in [0.1, 0.15) is 0 Å². The van der Waals surface area contributed by atoms with Crippen molar-refractivity contribution in [2.24, 2.45) is 0 Å². The Morgan fingerprint density at radius 3 is 2.52 bits per heavy atom. The third kappa shape index (κ3) is 4.16. The van der Waals surface area contributed by atoms with Crippen LogP contribution in [-0.4, -0.2) is 11.7 Å². The molecule has 3 N–H and O–H groups in total. The van der Waals surface area contributed by atoms with Crippen molar-refractivity contribution in [3.05, 3.63) is 53.8 Å². The summed E-state index contributed by atoms with van der Waals surface area (Å²) in [6, 6.07) is 6.78. The van der Waals surface area contributed by atoms with Gasteiger partial charge in [0.05, 0.1) is 11.4 Å². The molecule has 21 heavy (non-hydrogen) atoms. The molecule has 3 nitrogen and oxygen atoms in total. The predicted molar refractivity (Wildman–Crippen MR) is 76.5 cm³/mol. The Morgan fingerprint density at radius 2 is 1.81 bits per heavy atom. The fourth-order valence-corrected chi connectivity index (χ4v) is 2.31. The van der Waals surface area contributed by atoms with E-state index in [1.165, 1.54) is 12.1 Å². The fraction of sp³-hybridized carbons (Fsp3) is 0.0714. The fourth-order valence-electron chi connectivity index (χ4n) is 1.55. The first-order valence-electron chi connectivity index (χ1n) is 5.88. The first-order chi connectivity index (χ1) is 9.95. The molecule has 0 bridgehead atoms. The lowest BCUT2D eigenvalue weighted by molar-refractivity contribution is -0.113. The van der Waals surface area contributed by atoms with Gasteiger partial charge >= 0.3 is 0 Å². The van der Waals surface area contributed by atoms with E-state index in [2.05, 4.69) is 5.32 Å². The highest BCUT2D eigenvalue weighted by atomic mass is 32.2. The van der Waals surface area contributed by atoms with E-state index in [0.717, 1.165) is 36.0 Å². The van der Waals surface area contributed by atoms with E-state index in [-0.39, 0.29) is 16.3 Å². The zero-order valence-electron chi connectivity index (χ0n) is 10.7. The van der Waals surface area contributed by atoms with Gasteiger partial charge in [0.2, 0.25) is 5.91 Å². The molecule has 0 fully saturated rings. The normalized spacial score (nSPS) is 10.4. The number of carbonyl (C=O) groups is 1. The summed E-state index contributed by atoms with van der Waals surface area (Å²) in [5.41, 5.74) is 5.62. The molecule has 0 unspecified atom stereocenters. The highest BCUT2D eigenvalue weighted by Gasteiger charge is 2.09. The molecule has 0 aliphatic rings. The molecule has 0 saturated carbocycles. The van der Waals surface area contributed by atoms with Gasteiger partial charge in [-0.25, -0.2) is 13.2 Å². The van der Waals surface area contributed by atoms with E-state index in [1.807, 2.05) is 0 Å². The molecular formula is C14H11F3N2OS. The smallest absolute Gasteiger partial charge is 0.234 e. The summed E-state index contributed by atoms with van der Waals surface area (Å²) in [5.74, 6) is -2.30. The highest BCUT2D eigenvalue weighted by Crippen LogP contribution is 2.23. The van der Waals surface area contributed by atoms with E-state index in [1.54, 1.807) is 0 Å². The van der Waals surface area contributed by atoms with Gasteiger partial charge in [0.1, 0.15) is 17.5 Å². The van der Waals surface area contributed by atoms with Crippen LogP contribution >= 0.6 is 11.8 Å². The van der Waals surface area contributed by atoms with Crippen LogP contribution in [0.2, 0.25) is 0 Å². The third-order valence-corrected chi connectivity index (χ3v) is 3.56. The van der Waals surface area contributed by atoms with Gasteiger partial charge in [-0.1, -0.05) is 0 Å². The zero-order chi connectivity index (χ0) is 15.4. The maximum atomic E-state index is 13.4. The quantitative estimate of drug-likeness (QED) is 0.672. The lowest BCUT2D eigenvalue weighted by atomic mass is 10.2. The number of hydrogen-bond donors (Lipinski definition) is 2. The second-order valence-corrected chi connectivity index (χ2v) is 5.17. The maximum Gasteiger partial charge on any atom is 0.234 e. The van der Waals surface area contributed by atoms with Crippen molar-refractivity contribution >= 4 is 29.0 Å². The van der Waals surface area contributed by atoms with E-state index < -0.39 is 23.4 Å². The third-order valence-electron chi connectivity index (χ3n) is 2.53. The lowest BCUT2D eigenvalue weighted by Gasteiger charge is -2.07. The van der Waals surface area contributed by atoms with Crippen LogP contribution in [0.15, 0.2) is 41.3 Å². The summed E-state index contributed by atoms with van der Waals surface area (Å²) in [6.45, 7) is 0. The van der Waals surface area contributed by atoms with Crippen LogP contribution in [0, 0.1) is 17.5 Å². The largest absolute Gasteiger partial charge is 0.396 e. The van der Waals surface area contributed by atoms with Crippen LogP contribution in [0.25, 0.3) is 0 Å². The SMILES string of the molecule is Nc1cc(NC(=O)CSc2cc(F)ccc2F)ccc1F. The van der Waals surface area contributed by atoms with Crippen molar-refractivity contribution in [1.82, 2.24) is 0 Å². The molecule has 110 valence electrons. The molecule has 2 rings (SSSR count). The average Bonchev–Trinajstić information content (AvgIpc) is 2.44. The molecular weight excluding hydrogens is 301 g/mol. The number of anilines is 2. The maximum absolute atomic E-state index is 13.4. The van der Waals surface area contributed by atoms with Gasteiger partial charge in [0.25, 0.3) is 0 Å². The first-order valence-corrected chi connectivity index (χ1v) is 6.87. The number of carbonyl (C=O) groups excluding carboxylic acids is 1. The van der Waals surface area contributed by atoms with Gasteiger partial charge in [0.15, 0.2) is 0 Å². The molecule has 0 atom stereocenters. The number of nitrogens with one attached hydrogen (secondary N) is 1. The summed E-state index contributed by atoms with van der Waals surface area (Å²) in [6.07, 6.45) is 0. The molecule has 1 amide bonds. The summed E-state index contributed by atoms with van der Waals surface area (Å²) in [5, 5.41) is 2.49. The predicted octanol–water partition coefficient (Wildman–Crippen LogP) is 3.42. The molecule has 2 aromatic carbocycles. The number of hydrogen-bond acceptors (Lipinski definition) is 3. The van der Waals surface area contributed by atoms with Crippen molar-refractivity contribution in [2.45, 2.75) is 4.90 Å². The van der Waals surface area contributed by atoms with Crippen LogP contribution in [0.4, 0.5) is 24.5 Å². The second-order valence-electron chi connectivity index (χ2n) is 4.15. The highest BCUT2D eigenvalue weighted by molar-refractivity contribution is 8.00. The Kier molecular flexibility index (Phi) is 4.74. The zero-order valence-corrected chi connectivity index (χ0v) is 11.5. The monoisotopic (exact) mass is 312 g/mol. The molecule has 0 saturated heterocycles. The molecule has 0 aliphatic heterocycles. The van der Waals surface area contributed by atoms with Gasteiger partial charge in [-0.3, -0.25) is 4.79 Å². The van der Waals surface area contributed by atoms with Crippen molar-refractivity contribution < 1.29 is 18.0 Å². The van der Waals surface area contributed by atoms with Gasteiger partial charge in [-0.15, -0.1) is 11.8 Å². The van der Waals surface area contributed by atoms with Gasteiger partial charge < -0.3 is 11.1 Å². The van der Waals surface area contributed by atoms with Crippen LogP contribution < -0.4 is 11.1 Å². The molecule has 0 aliphatic carbocycles. The number of nitrogen functional groups attached to an aromatic ring is 1. The standard InChI is InChI=1S/C14H11F3N2OS/c15-8-1-3-11(17)13(5-8)21-7-14(20)19-9-2-4-10(16)12(18)6-9/h1-6H,7,18H2,(H,19,20). The summed E-state index contributed by atoms with van der Waals surface area (Å²) >= 11 is 0.864. The van der Waals surface area contributed by atoms with Crippen molar-refractivity contribution in [1.29, 1.82) is 0 Å². The molecule has 0 heterocycles. The van der Waals surface area contributed by atoms with Gasteiger partial charge in [-0.05, 0) is 36.4 Å². The number of amides is 1. The van der Waals surface area contributed by atoms with Crippen LogP contribution in [0.5, 0.6) is 0 Å². The molecule has 0 radical (unpaired) electrons. The van der Waals surface area contributed by atoms with E-state index in [4.69, 9.17) is 5.73 Å². The van der Waals surface area contributed by atoms with Gasteiger partial charge in [-0.2, -0.15) is 0 Å².